The highest BCUT2D eigenvalue weighted by molar-refractivity contribution is 5.71. The first kappa shape index (κ1) is 56.1. The van der Waals surface area contributed by atoms with Gasteiger partial charge >= 0.3 is 17.9 Å². The molecule has 0 fully saturated rings. The van der Waals surface area contributed by atoms with Gasteiger partial charge in [0.1, 0.15) is 13.2 Å². The lowest BCUT2D eigenvalue weighted by Gasteiger charge is -2.18. The standard InChI is InChI=1S/C53H92O6/c1-4-7-10-13-16-18-20-22-24-25-26-27-29-30-32-34-37-40-43-46-52(55)58-49-50(48-57-51(54)45-42-39-36-15-12-9-6-3)59-53(56)47-44-41-38-35-33-31-28-23-21-19-17-14-11-8-5-2/h8,11,16-19,22-24,28,50H,4-7,9-10,12-15,20-21,25-27,29-49H2,1-3H3/b11-8-,18-16-,19-17-,24-22-,28-23-. The van der Waals surface area contributed by atoms with Gasteiger partial charge in [0.05, 0.1) is 0 Å². The van der Waals surface area contributed by atoms with Gasteiger partial charge in [0.25, 0.3) is 0 Å². The Bertz CT molecular complexity index is 1090. The van der Waals surface area contributed by atoms with Crippen LogP contribution < -0.4 is 0 Å². The predicted octanol–water partition coefficient (Wildman–Crippen LogP) is 16.1. The zero-order valence-electron chi connectivity index (χ0n) is 38.8. The summed E-state index contributed by atoms with van der Waals surface area (Å²) in [5, 5.41) is 0. The van der Waals surface area contributed by atoms with Gasteiger partial charge in [-0.1, -0.05) is 197 Å². The minimum Gasteiger partial charge on any atom is -0.462 e. The molecule has 0 heterocycles. The molecule has 0 amide bonds. The monoisotopic (exact) mass is 825 g/mol. The van der Waals surface area contributed by atoms with Crippen LogP contribution in [-0.4, -0.2) is 37.2 Å². The van der Waals surface area contributed by atoms with Crippen molar-refractivity contribution in [3.8, 4) is 0 Å². The molecule has 1 unspecified atom stereocenters. The average molecular weight is 825 g/mol. The van der Waals surface area contributed by atoms with Crippen LogP contribution in [0.4, 0.5) is 0 Å². The third kappa shape index (κ3) is 46.0. The Morgan fingerprint density at radius 1 is 0.356 bits per heavy atom. The Morgan fingerprint density at radius 3 is 1.07 bits per heavy atom. The van der Waals surface area contributed by atoms with E-state index in [9.17, 15) is 14.4 Å². The number of carbonyl (C=O) groups is 3. The van der Waals surface area contributed by atoms with Crippen molar-refractivity contribution in [2.45, 2.75) is 245 Å². The molecule has 6 heteroatoms. The van der Waals surface area contributed by atoms with Gasteiger partial charge in [-0.05, 0) is 83.5 Å². The van der Waals surface area contributed by atoms with E-state index in [0.29, 0.717) is 19.3 Å². The maximum Gasteiger partial charge on any atom is 0.306 e. The van der Waals surface area contributed by atoms with Crippen LogP contribution in [0.3, 0.4) is 0 Å². The summed E-state index contributed by atoms with van der Waals surface area (Å²) in [5.41, 5.74) is 0. The third-order valence-corrected chi connectivity index (χ3v) is 10.5. The van der Waals surface area contributed by atoms with Crippen molar-refractivity contribution in [2.75, 3.05) is 13.2 Å². The van der Waals surface area contributed by atoms with Crippen LogP contribution in [0.1, 0.15) is 239 Å². The molecule has 0 aliphatic rings. The molecule has 0 spiro atoms. The van der Waals surface area contributed by atoms with Crippen molar-refractivity contribution in [3.63, 3.8) is 0 Å². The Labute approximate surface area is 364 Å². The summed E-state index contributed by atoms with van der Waals surface area (Å²) in [6.07, 6.45) is 57.9. The maximum atomic E-state index is 12.7. The average Bonchev–Trinajstić information content (AvgIpc) is 3.23. The summed E-state index contributed by atoms with van der Waals surface area (Å²) in [6, 6.07) is 0. The van der Waals surface area contributed by atoms with E-state index in [1.54, 1.807) is 0 Å². The van der Waals surface area contributed by atoms with Crippen LogP contribution in [0, 0.1) is 0 Å². The highest BCUT2D eigenvalue weighted by Crippen LogP contribution is 2.14. The number of hydrogen-bond acceptors (Lipinski definition) is 6. The van der Waals surface area contributed by atoms with E-state index in [-0.39, 0.29) is 31.1 Å². The van der Waals surface area contributed by atoms with Crippen LogP contribution in [-0.2, 0) is 28.6 Å². The maximum absolute atomic E-state index is 12.7. The van der Waals surface area contributed by atoms with Crippen molar-refractivity contribution < 1.29 is 28.6 Å². The highest BCUT2D eigenvalue weighted by atomic mass is 16.6. The lowest BCUT2D eigenvalue weighted by Crippen LogP contribution is -2.30. The SMILES string of the molecule is CC/C=C\C/C=C\C/C=C\CCCCCCCC(=O)OC(COC(=O)CCCCCCCCC)COC(=O)CCCCCCCCCCC/C=C\C/C=C\CCCCC. The second kappa shape index (κ2) is 47.8. The van der Waals surface area contributed by atoms with Crippen molar-refractivity contribution >= 4 is 17.9 Å². The molecular weight excluding hydrogens is 733 g/mol. The Morgan fingerprint density at radius 2 is 0.661 bits per heavy atom. The van der Waals surface area contributed by atoms with E-state index in [0.717, 1.165) is 103 Å². The summed E-state index contributed by atoms with van der Waals surface area (Å²) in [6.45, 7) is 6.44. The molecule has 0 rings (SSSR count). The lowest BCUT2D eigenvalue weighted by molar-refractivity contribution is -0.167. The molecule has 0 N–H and O–H groups in total. The molecule has 0 saturated heterocycles. The van der Waals surface area contributed by atoms with Gasteiger partial charge in [-0.25, -0.2) is 0 Å². The minimum absolute atomic E-state index is 0.0822. The first-order chi connectivity index (χ1) is 29.0. The third-order valence-electron chi connectivity index (χ3n) is 10.5. The van der Waals surface area contributed by atoms with Gasteiger partial charge < -0.3 is 14.2 Å². The van der Waals surface area contributed by atoms with E-state index < -0.39 is 6.10 Å². The number of carbonyl (C=O) groups excluding carboxylic acids is 3. The minimum atomic E-state index is -0.780. The Balaban J connectivity index is 4.28. The van der Waals surface area contributed by atoms with Crippen molar-refractivity contribution in [1.29, 1.82) is 0 Å². The molecule has 0 radical (unpaired) electrons. The van der Waals surface area contributed by atoms with Gasteiger partial charge in [-0.2, -0.15) is 0 Å². The normalized spacial score (nSPS) is 12.5. The van der Waals surface area contributed by atoms with Crippen LogP contribution in [0.2, 0.25) is 0 Å². The summed E-state index contributed by atoms with van der Waals surface area (Å²) >= 11 is 0. The van der Waals surface area contributed by atoms with E-state index >= 15 is 0 Å². The summed E-state index contributed by atoms with van der Waals surface area (Å²) in [7, 11) is 0. The molecule has 340 valence electrons. The zero-order valence-corrected chi connectivity index (χ0v) is 38.8. The fraction of sp³-hybridized carbons (Fsp3) is 0.755. The second-order valence-electron chi connectivity index (χ2n) is 16.3. The number of unbranched alkanes of at least 4 members (excludes halogenated alkanes) is 23. The van der Waals surface area contributed by atoms with Crippen LogP contribution in [0.5, 0.6) is 0 Å². The van der Waals surface area contributed by atoms with Crippen LogP contribution in [0.15, 0.2) is 60.8 Å². The molecule has 0 aliphatic carbocycles. The summed E-state index contributed by atoms with van der Waals surface area (Å²) < 4.78 is 16.7. The molecule has 0 aromatic rings. The summed E-state index contributed by atoms with van der Waals surface area (Å²) in [4.78, 5) is 37.7. The van der Waals surface area contributed by atoms with Crippen molar-refractivity contribution in [3.05, 3.63) is 60.8 Å². The predicted molar refractivity (Wildman–Crippen MR) is 251 cm³/mol. The Kier molecular flexibility index (Phi) is 45.4. The number of allylic oxidation sites excluding steroid dienone is 10. The number of rotatable bonds is 44. The van der Waals surface area contributed by atoms with Gasteiger partial charge in [0.15, 0.2) is 6.10 Å². The fourth-order valence-corrected chi connectivity index (χ4v) is 6.78. The van der Waals surface area contributed by atoms with Gasteiger partial charge in [-0.15, -0.1) is 0 Å². The molecule has 0 aromatic carbocycles. The largest absolute Gasteiger partial charge is 0.462 e. The van der Waals surface area contributed by atoms with Crippen LogP contribution in [0.25, 0.3) is 0 Å². The quantitative estimate of drug-likeness (QED) is 0.0263. The zero-order chi connectivity index (χ0) is 43.0. The van der Waals surface area contributed by atoms with E-state index in [1.165, 1.54) is 96.3 Å². The first-order valence-corrected chi connectivity index (χ1v) is 24.8. The number of hydrogen-bond donors (Lipinski definition) is 0. The van der Waals surface area contributed by atoms with Gasteiger partial charge in [0, 0.05) is 19.3 Å². The molecular formula is C53H92O6. The lowest BCUT2D eigenvalue weighted by atomic mass is 10.1. The smallest absolute Gasteiger partial charge is 0.306 e. The second-order valence-corrected chi connectivity index (χ2v) is 16.3. The fourth-order valence-electron chi connectivity index (χ4n) is 6.78. The van der Waals surface area contributed by atoms with E-state index in [4.69, 9.17) is 14.2 Å². The molecule has 0 aromatic heterocycles. The van der Waals surface area contributed by atoms with E-state index in [2.05, 4.69) is 81.5 Å². The molecule has 0 aliphatic heterocycles. The number of esters is 3. The van der Waals surface area contributed by atoms with Crippen molar-refractivity contribution in [1.82, 2.24) is 0 Å². The Hall–Kier alpha value is -2.89. The molecule has 0 saturated carbocycles. The topological polar surface area (TPSA) is 78.9 Å². The molecule has 59 heavy (non-hydrogen) atoms. The first-order valence-electron chi connectivity index (χ1n) is 24.8. The van der Waals surface area contributed by atoms with Gasteiger partial charge in [-0.3, -0.25) is 14.4 Å². The number of ether oxygens (including phenoxy) is 3. The van der Waals surface area contributed by atoms with E-state index in [1.807, 2.05) is 0 Å². The summed E-state index contributed by atoms with van der Waals surface area (Å²) in [5.74, 6) is -0.909. The highest BCUT2D eigenvalue weighted by Gasteiger charge is 2.19. The van der Waals surface area contributed by atoms with Crippen molar-refractivity contribution in [2.24, 2.45) is 0 Å². The molecule has 6 nitrogen and oxygen atoms in total. The van der Waals surface area contributed by atoms with Crippen LogP contribution >= 0.6 is 0 Å². The molecule has 0 bridgehead atoms. The van der Waals surface area contributed by atoms with Gasteiger partial charge in [0.2, 0.25) is 0 Å². The molecule has 1 atom stereocenters.